The number of hydrogen-bond acceptors (Lipinski definition) is 1. The zero-order valence-corrected chi connectivity index (χ0v) is 7.28. The van der Waals surface area contributed by atoms with E-state index in [0.29, 0.717) is 6.54 Å². The lowest BCUT2D eigenvalue weighted by molar-refractivity contribution is 1.30. The third-order valence-electron chi connectivity index (χ3n) is 1.50. The van der Waals surface area contributed by atoms with E-state index in [0.717, 1.165) is 16.3 Å². The molecule has 1 nitrogen and oxygen atoms in total. The summed E-state index contributed by atoms with van der Waals surface area (Å²) in [6.07, 6.45) is 0. The Morgan fingerprint density at radius 2 is 2.27 bits per heavy atom. The molecule has 0 bridgehead atoms. The Hall–Kier alpha value is -0.690. The van der Waals surface area contributed by atoms with Crippen molar-refractivity contribution in [2.45, 2.75) is 6.92 Å². The summed E-state index contributed by atoms with van der Waals surface area (Å²) in [4.78, 5) is 0. The van der Waals surface area contributed by atoms with E-state index in [2.05, 4.69) is 12.2 Å². The van der Waals surface area contributed by atoms with E-state index in [9.17, 15) is 0 Å². The monoisotopic (exact) mass is 168 g/mol. The molecule has 1 aromatic rings. The maximum atomic E-state index is 5.77. The molecule has 1 aromatic carbocycles. The van der Waals surface area contributed by atoms with Crippen LogP contribution < -0.4 is 5.32 Å². The summed E-state index contributed by atoms with van der Waals surface area (Å²) in [5.74, 6) is 0. The standard InChI is InChI=1S/C9H11ClN/c1-3-11-9-5-4-8(10)6-7(9)2/h4-6,11H,1,3H2,2H3. The van der Waals surface area contributed by atoms with Crippen molar-refractivity contribution in [3.8, 4) is 0 Å². The van der Waals surface area contributed by atoms with E-state index >= 15 is 0 Å². The van der Waals surface area contributed by atoms with Crippen LogP contribution in [0.3, 0.4) is 0 Å². The molecule has 0 aliphatic heterocycles. The molecule has 59 valence electrons. The van der Waals surface area contributed by atoms with Crippen molar-refractivity contribution in [2.24, 2.45) is 0 Å². The first-order valence-corrected chi connectivity index (χ1v) is 3.91. The van der Waals surface area contributed by atoms with Gasteiger partial charge in [-0.1, -0.05) is 11.6 Å². The predicted octanol–water partition coefficient (Wildman–Crippen LogP) is 2.89. The molecule has 1 N–H and O–H groups in total. The molecular weight excluding hydrogens is 158 g/mol. The Kier molecular flexibility index (Phi) is 2.77. The molecule has 1 rings (SSSR count). The number of rotatable bonds is 2. The summed E-state index contributed by atoms with van der Waals surface area (Å²) in [6, 6.07) is 5.76. The van der Waals surface area contributed by atoms with E-state index in [-0.39, 0.29) is 0 Å². The zero-order chi connectivity index (χ0) is 8.27. The number of nitrogens with one attached hydrogen (secondary N) is 1. The van der Waals surface area contributed by atoms with E-state index in [1.165, 1.54) is 0 Å². The van der Waals surface area contributed by atoms with Crippen LogP contribution in [0.5, 0.6) is 0 Å². The van der Waals surface area contributed by atoms with Gasteiger partial charge in [0.15, 0.2) is 0 Å². The fraction of sp³-hybridized carbons (Fsp3) is 0.222. The first-order chi connectivity index (χ1) is 5.24. The van der Waals surface area contributed by atoms with Crippen molar-refractivity contribution >= 4 is 17.3 Å². The Morgan fingerprint density at radius 3 is 2.82 bits per heavy atom. The molecule has 0 fully saturated rings. The molecule has 2 heteroatoms. The Balaban J connectivity index is 2.90. The highest BCUT2D eigenvalue weighted by molar-refractivity contribution is 6.30. The van der Waals surface area contributed by atoms with Crippen LogP contribution in [-0.4, -0.2) is 6.54 Å². The topological polar surface area (TPSA) is 12.0 Å². The lowest BCUT2D eigenvalue weighted by Crippen LogP contribution is -1.98. The summed E-state index contributed by atoms with van der Waals surface area (Å²) in [5.41, 5.74) is 2.26. The van der Waals surface area contributed by atoms with Crippen LogP contribution >= 0.6 is 11.6 Å². The molecule has 0 aromatic heterocycles. The second-order valence-corrected chi connectivity index (χ2v) is 2.82. The molecule has 0 heterocycles. The van der Waals surface area contributed by atoms with Crippen molar-refractivity contribution in [3.05, 3.63) is 35.7 Å². The van der Waals surface area contributed by atoms with Crippen LogP contribution in [0.25, 0.3) is 0 Å². The third kappa shape index (κ3) is 2.12. The van der Waals surface area contributed by atoms with Gasteiger partial charge < -0.3 is 5.32 Å². The van der Waals surface area contributed by atoms with Gasteiger partial charge >= 0.3 is 0 Å². The fourth-order valence-corrected chi connectivity index (χ4v) is 1.19. The molecular formula is C9H11ClN. The Morgan fingerprint density at radius 1 is 1.55 bits per heavy atom. The second kappa shape index (κ2) is 3.63. The van der Waals surface area contributed by atoms with Crippen molar-refractivity contribution in [1.29, 1.82) is 0 Å². The number of hydrogen-bond donors (Lipinski definition) is 1. The third-order valence-corrected chi connectivity index (χ3v) is 1.74. The van der Waals surface area contributed by atoms with Crippen LogP contribution in [0, 0.1) is 13.8 Å². The summed E-state index contributed by atoms with van der Waals surface area (Å²) in [5, 5.41) is 3.91. The number of anilines is 1. The molecule has 0 atom stereocenters. The highest BCUT2D eigenvalue weighted by Crippen LogP contribution is 2.18. The van der Waals surface area contributed by atoms with Gasteiger partial charge in [-0.25, -0.2) is 0 Å². The highest BCUT2D eigenvalue weighted by Gasteiger charge is 1.95. The average Bonchev–Trinajstić information content (AvgIpc) is 1.95. The summed E-state index contributed by atoms with van der Waals surface area (Å²) in [6.45, 7) is 6.42. The molecule has 1 radical (unpaired) electrons. The molecule has 0 amide bonds. The highest BCUT2D eigenvalue weighted by atomic mass is 35.5. The summed E-state index contributed by atoms with van der Waals surface area (Å²) < 4.78 is 0. The first kappa shape index (κ1) is 8.41. The van der Waals surface area contributed by atoms with Gasteiger partial charge in [0.1, 0.15) is 0 Å². The van der Waals surface area contributed by atoms with Crippen LogP contribution in [0.15, 0.2) is 18.2 Å². The lowest BCUT2D eigenvalue weighted by Gasteiger charge is -2.06. The van der Waals surface area contributed by atoms with Crippen molar-refractivity contribution in [3.63, 3.8) is 0 Å². The van der Waals surface area contributed by atoms with Crippen LogP contribution in [0.4, 0.5) is 5.69 Å². The Bertz CT molecular complexity index is 245. The minimum Gasteiger partial charge on any atom is -0.385 e. The molecule has 0 saturated carbocycles. The van der Waals surface area contributed by atoms with Crippen LogP contribution in [-0.2, 0) is 0 Å². The lowest BCUT2D eigenvalue weighted by atomic mass is 10.2. The Labute approximate surface area is 72.4 Å². The van der Waals surface area contributed by atoms with Gasteiger partial charge in [-0.15, -0.1) is 0 Å². The second-order valence-electron chi connectivity index (χ2n) is 2.39. The van der Waals surface area contributed by atoms with Gasteiger partial charge in [-0.3, -0.25) is 0 Å². The maximum absolute atomic E-state index is 5.77. The minimum atomic E-state index is 0.697. The average molecular weight is 169 g/mol. The van der Waals surface area contributed by atoms with Crippen molar-refractivity contribution in [2.75, 3.05) is 11.9 Å². The SMILES string of the molecule is [CH2]CNc1ccc(Cl)cc1C. The van der Waals surface area contributed by atoms with Gasteiger partial charge in [0.2, 0.25) is 0 Å². The smallest absolute Gasteiger partial charge is 0.0410 e. The maximum Gasteiger partial charge on any atom is 0.0410 e. The first-order valence-electron chi connectivity index (χ1n) is 3.53. The van der Waals surface area contributed by atoms with Gasteiger partial charge in [-0.05, 0) is 37.6 Å². The number of benzene rings is 1. The van der Waals surface area contributed by atoms with E-state index < -0.39 is 0 Å². The number of aryl methyl sites for hydroxylation is 1. The van der Waals surface area contributed by atoms with E-state index in [1.54, 1.807) is 0 Å². The van der Waals surface area contributed by atoms with Crippen LogP contribution in [0.2, 0.25) is 5.02 Å². The van der Waals surface area contributed by atoms with E-state index in [4.69, 9.17) is 11.6 Å². The quantitative estimate of drug-likeness (QED) is 0.716. The summed E-state index contributed by atoms with van der Waals surface area (Å²) >= 11 is 5.77. The number of halogens is 1. The summed E-state index contributed by atoms with van der Waals surface area (Å²) in [7, 11) is 0. The molecule has 0 aliphatic rings. The largest absolute Gasteiger partial charge is 0.385 e. The zero-order valence-electron chi connectivity index (χ0n) is 6.52. The van der Waals surface area contributed by atoms with Crippen LogP contribution in [0.1, 0.15) is 5.56 Å². The minimum absolute atomic E-state index is 0.697. The van der Waals surface area contributed by atoms with Gasteiger partial charge in [0.25, 0.3) is 0 Å². The van der Waals surface area contributed by atoms with Gasteiger partial charge in [0, 0.05) is 17.3 Å². The molecule has 0 saturated heterocycles. The molecule has 11 heavy (non-hydrogen) atoms. The molecule has 0 unspecified atom stereocenters. The van der Waals surface area contributed by atoms with Gasteiger partial charge in [0.05, 0.1) is 0 Å². The van der Waals surface area contributed by atoms with E-state index in [1.807, 2.05) is 25.1 Å². The fourth-order valence-electron chi connectivity index (χ4n) is 0.960. The van der Waals surface area contributed by atoms with Crippen molar-refractivity contribution in [1.82, 2.24) is 0 Å². The normalized spacial score (nSPS) is 9.73. The van der Waals surface area contributed by atoms with Crippen molar-refractivity contribution < 1.29 is 0 Å². The van der Waals surface area contributed by atoms with Gasteiger partial charge in [-0.2, -0.15) is 0 Å². The molecule has 0 aliphatic carbocycles. The predicted molar refractivity (Wildman–Crippen MR) is 50.0 cm³/mol. The molecule has 0 spiro atoms.